The number of hydrogen-bond acceptors (Lipinski definition) is 3. The molecule has 0 saturated carbocycles. The lowest BCUT2D eigenvalue weighted by molar-refractivity contribution is 0.0806. The average molecular weight is 276 g/mol. The number of nitrogens with zero attached hydrogens (tertiary/aromatic N) is 1. The zero-order valence-electron chi connectivity index (χ0n) is 13.4. The van der Waals surface area contributed by atoms with Crippen molar-refractivity contribution in [3.8, 4) is 0 Å². The Morgan fingerprint density at radius 2 is 1.95 bits per heavy atom. The monoisotopic (exact) mass is 276 g/mol. The van der Waals surface area contributed by atoms with Gasteiger partial charge >= 0.3 is 0 Å². The normalized spacial score (nSPS) is 24.3. The van der Waals surface area contributed by atoms with Crippen LogP contribution < -0.4 is 5.32 Å². The van der Waals surface area contributed by atoms with Crippen LogP contribution in [0.15, 0.2) is 18.2 Å². The van der Waals surface area contributed by atoms with E-state index in [4.69, 9.17) is 4.74 Å². The molecule has 20 heavy (non-hydrogen) atoms. The Hall–Kier alpha value is -0.900. The molecule has 0 bridgehead atoms. The van der Waals surface area contributed by atoms with Crippen molar-refractivity contribution < 1.29 is 4.74 Å². The molecule has 0 amide bonds. The van der Waals surface area contributed by atoms with Crippen LogP contribution in [0.4, 0.5) is 0 Å². The van der Waals surface area contributed by atoms with E-state index < -0.39 is 0 Å². The topological polar surface area (TPSA) is 24.5 Å². The SMILES string of the molecule is CNC(CN(C)C1CCOC1C)c1cc(C)cc(C)c1. The minimum absolute atomic E-state index is 0.344. The molecule has 1 aromatic carbocycles. The summed E-state index contributed by atoms with van der Waals surface area (Å²) >= 11 is 0. The summed E-state index contributed by atoms with van der Waals surface area (Å²) in [6.07, 6.45) is 1.48. The fourth-order valence-electron chi connectivity index (χ4n) is 3.30. The molecule has 1 fully saturated rings. The van der Waals surface area contributed by atoms with Crippen molar-refractivity contribution in [1.29, 1.82) is 0 Å². The van der Waals surface area contributed by atoms with Gasteiger partial charge in [-0.25, -0.2) is 0 Å². The van der Waals surface area contributed by atoms with Gasteiger partial charge in [-0.05, 0) is 46.9 Å². The zero-order chi connectivity index (χ0) is 14.7. The van der Waals surface area contributed by atoms with E-state index in [2.05, 4.69) is 56.2 Å². The van der Waals surface area contributed by atoms with Crippen molar-refractivity contribution in [3.63, 3.8) is 0 Å². The number of ether oxygens (including phenoxy) is 1. The molecule has 112 valence electrons. The second-order valence-electron chi connectivity index (χ2n) is 6.13. The van der Waals surface area contributed by atoms with Crippen LogP contribution in [0.2, 0.25) is 0 Å². The van der Waals surface area contributed by atoms with Crippen LogP contribution in [0.3, 0.4) is 0 Å². The highest BCUT2D eigenvalue weighted by molar-refractivity contribution is 5.30. The van der Waals surface area contributed by atoms with Gasteiger partial charge < -0.3 is 10.1 Å². The Labute approximate surface area is 123 Å². The number of aryl methyl sites for hydroxylation is 2. The zero-order valence-corrected chi connectivity index (χ0v) is 13.4. The predicted octanol–water partition coefficient (Wildman–Crippen LogP) is 2.67. The minimum Gasteiger partial charge on any atom is -0.377 e. The maximum absolute atomic E-state index is 5.68. The number of nitrogens with one attached hydrogen (secondary N) is 1. The number of hydrogen-bond donors (Lipinski definition) is 1. The molecule has 0 aliphatic carbocycles. The van der Waals surface area contributed by atoms with Gasteiger partial charge in [0.05, 0.1) is 6.10 Å². The third-order valence-electron chi connectivity index (χ3n) is 4.37. The van der Waals surface area contributed by atoms with E-state index in [1.807, 2.05) is 7.05 Å². The Kier molecular flexibility index (Phi) is 5.19. The molecule has 1 aliphatic heterocycles. The maximum Gasteiger partial charge on any atom is 0.0702 e. The molecule has 1 N–H and O–H groups in total. The molecule has 3 heteroatoms. The summed E-state index contributed by atoms with van der Waals surface area (Å²) in [5.74, 6) is 0. The molecule has 0 spiro atoms. The van der Waals surface area contributed by atoms with Crippen LogP contribution in [0.25, 0.3) is 0 Å². The molecule has 1 aliphatic rings. The van der Waals surface area contributed by atoms with Gasteiger partial charge in [0.15, 0.2) is 0 Å². The van der Waals surface area contributed by atoms with Crippen LogP contribution in [-0.4, -0.2) is 44.3 Å². The fraction of sp³-hybridized carbons (Fsp3) is 0.647. The smallest absolute Gasteiger partial charge is 0.0702 e. The second-order valence-corrected chi connectivity index (χ2v) is 6.13. The summed E-state index contributed by atoms with van der Waals surface area (Å²) in [5.41, 5.74) is 4.05. The van der Waals surface area contributed by atoms with Gasteiger partial charge in [-0.2, -0.15) is 0 Å². The van der Waals surface area contributed by atoms with Crippen LogP contribution in [-0.2, 0) is 4.74 Å². The molecule has 1 heterocycles. The molecule has 0 radical (unpaired) electrons. The Morgan fingerprint density at radius 1 is 1.30 bits per heavy atom. The Bertz CT molecular complexity index is 426. The molecule has 1 saturated heterocycles. The molecule has 1 aromatic rings. The van der Waals surface area contributed by atoms with E-state index in [-0.39, 0.29) is 0 Å². The Balaban J connectivity index is 2.08. The van der Waals surface area contributed by atoms with Gasteiger partial charge in [-0.15, -0.1) is 0 Å². The van der Waals surface area contributed by atoms with Crippen molar-refractivity contribution >= 4 is 0 Å². The highest BCUT2D eigenvalue weighted by atomic mass is 16.5. The Morgan fingerprint density at radius 3 is 2.45 bits per heavy atom. The summed E-state index contributed by atoms with van der Waals surface area (Å²) in [5, 5.41) is 3.46. The van der Waals surface area contributed by atoms with Gasteiger partial charge in [0.1, 0.15) is 0 Å². The van der Waals surface area contributed by atoms with Crippen molar-refractivity contribution in [3.05, 3.63) is 34.9 Å². The number of rotatable bonds is 5. The average Bonchev–Trinajstić information content (AvgIpc) is 2.80. The molecule has 3 atom stereocenters. The molecule has 0 aromatic heterocycles. The maximum atomic E-state index is 5.68. The highest BCUT2D eigenvalue weighted by Crippen LogP contribution is 2.22. The van der Waals surface area contributed by atoms with E-state index in [0.717, 1.165) is 19.6 Å². The van der Waals surface area contributed by atoms with Gasteiger partial charge in [0, 0.05) is 25.2 Å². The number of likely N-dealkylation sites (N-methyl/N-ethyl adjacent to an activating group) is 2. The first-order valence-corrected chi connectivity index (χ1v) is 7.58. The fourth-order valence-corrected chi connectivity index (χ4v) is 3.30. The third-order valence-corrected chi connectivity index (χ3v) is 4.37. The predicted molar refractivity (Wildman–Crippen MR) is 84.2 cm³/mol. The lowest BCUT2D eigenvalue weighted by Gasteiger charge is -2.30. The van der Waals surface area contributed by atoms with Crippen molar-refractivity contribution in [2.45, 2.75) is 45.4 Å². The van der Waals surface area contributed by atoms with Gasteiger partial charge in [-0.3, -0.25) is 4.90 Å². The van der Waals surface area contributed by atoms with Gasteiger partial charge in [0.25, 0.3) is 0 Å². The first kappa shape index (κ1) is 15.5. The molecule has 3 unspecified atom stereocenters. The third kappa shape index (κ3) is 3.60. The minimum atomic E-state index is 0.344. The number of benzene rings is 1. The van der Waals surface area contributed by atoms with Crippen molar-refractivity contribution in [1.82, 2.24) is 10.2 Å². The van der Waals surface area contributed by atoms with E-state index in [1.54, 1.807) is 0 Å². The van der Waals surface area contributed by atoms with E-state index in [0.29, 0.717) is 18.2 Å². The van der Waals surface area contributed by atoms with Crippen LogP contribution in [0.5, 0.6) is 0 Å². The van der Waals surface area contributed by atoms with Crippen molar-refractivity contribution in [2.24, 2.45) is 0 Å². The molecule has 2 rings (SSSR count). The molecule has 3 nitrogen and oxygen atoms in total. The first-order valence-electron chi connectivity index (χ1n) is 7.58. The molecular weight excluding hydrogens is 248 g/mol. The summed E-state index contributed by atoms with van der Waals surface area (Å²) in [4.78, 5) is 2.44. The lowest BCUT2D eigenvalue weighted by Crippen LogP contribution is -2.41. The summed E-state index contributed by atoms with van der Waals surface area (Å²) < 4.78 is 5.68. The second kappa shape index (κ2) is 6.70. The summed E-state index contributed by atoms with van der Waals surface area (Å²) in [7, 11) is 4.26. The summed E-state index contributed by atoms with van der Waals surface area (Å²) in [6.45, 7) is 8.42. The van der Waals surface area contributed by atoms with E-state index >= 15 is 0 Å². The van der Waals surface area contributed by atoms with E-state index in [1.165, 1.54) is 16.7 Å². The first-order chi connectivity index (χ1) is 9.51. The van der Waals surface area contributed by atoms with Gasteiger partial charge in [-0.1, -0.05) is 29.3 Å². The van der Waals surface area contributed by atoms with E-state index in [9.17, 15) is 0 Å². The lowest BCUT2D eigenvalue weighted by atomic mass is 10.00. The molecular formula is C17H28N2O. The summed E-state index contributed by atoms with van der Waals surface area (Å²) in [6, 6.07) is 7.71. The largest absolute Gasteiger partial charge is 0.377 e. The van der Waals surface area contributed by atoms with Crippen LogP contribution >= 0.6 is 0 Å². The van der Waals surface area contributed by atoms with Crippen molar-refractivity contribution in [2.75, 3.05) is 27.2 Å². The van der Waals surface area contributed by atoms with Gasteiger partial charge in [0.2, 0.25) is 0 Å². The quantitative estimate of drug-likeness (QED) is 0.895. The van der Waals surface area contributed by atoms with Crippen LogP contribution in [0, 0.1) is 13.8 Å². The standard InChI is InChI=1S/C17H28N2O/c1-12-8-13(2)10-15(9-12)16(18-4)11-19(5)17-6-7-20-14(17)3/h8-10,14,16-18H,6-7,11H2,1-5H3. The van der Waals surface area contributed by atoms with Crippen LogP contribution in [0.1, 0.15) is 36.1 Å². The highest BCUT2D eigenvalue weighted by Gasteiger charge is 2.29.